The number of benzene rings is 1. The zero-order valence-electron chi connectivity index (χ0n) is 7.69. The zero-order valence-corrected chi connectivity index (χ0v) is 11.4. The van der Waals surface area contributed by atoms with Crippen molar-refractivity contribution in [3.8, 4) is 11.6 Å². The van der Waals surface area contributed by atoms with Crippen LogP contribution in [0.15, 0.2) is 24.3 Å². The SMILES string of the molecule is Clc1nnc(Cl)c(Oc2ccccc2I)n1. The van der Waals surface area contributed by atoms with Gasteiger partial charge < -0.3 is 4.74 Å². The molecule has 2 rings (SSSR count). The normalized spacial score (nSPS) is 10.2. The molecule has 0 amide bonds. The minimum Gasteiger partial charge on any atom is -0.435 e. The molecule has 0 N–H and O–H groups in total. The average Bonchev–Trinajstić information content (AvgIpc) is 2.27. The van der Waals surface area contributed by atoms with E-state index in [4.69, 9.17) is 27.9 Å². The highest BCUT2D eigenvalue weighted by Crippen LogP contribution is 2.28. The lowest BCUT2D eigenvalue weighted by molar-refractivity contribution is 0.454. The van der Waals surface area contributed by atoms with Gasteiger partial charge in [-0.05, 0) is 46.3 Å². The summed E-state index contributed by atoms with van der Waals surface area (Å²) in [5, 5.41) is 7.16. The first kappa shape index (κ1) is 11.8. The molecule has 16 heavy (non-hydrogen) atoms. The van der Waals surface area contributed by atoms with Crippen molar-refractivity contribution in [1.29, 1.82) is 0 Å². The van der Waals surface area contributed by atoms with E-state index in [1.54, 1.807) is 6.07 Å². The van der Waals surface area contributed by atoms with Crippen molar-refractivity contribution in [1.82, 2.24) is 15.2 Å². The maximum atomic E-state index is 5.78. The molecule has 0 unspecified atom stereocenters. The maximum Gasteiger partial charge on any atom is 0.262 e. The van der Waals surface area contributed by atoms with Crippen molar-refractivity contribution in [2.75, 3.05) is 0 Å². The zero-order chi connectivity index (χ0) is 11.5. The molecule has 0 fully saturated rings. The van der Waals surface area contributed by atoms with Crippen molar-refractivity contribution in [3.05, 3.63) is 38.3 Å². The van der Waals surface area contributed by atoms with Gasteiger partial charge in [-0.25, -0.2) is 0 Å². The molecule has 7 heteroatoms. The second kappa shape index (κ2) is 5.11. The van der Waals surface area contributed by atoms with Crippen LogP contribution in [-0.2, 0) is 0 Å². The first-order valence-corrected chi connectivity index (χ1v) is 5.98. The summed E-state index contributed by atoms with van der Waals surface area (Å²) in [6.45, 7) is 0. The Morgan fingerprint density at radius 1 is 1.12 bits per heavy atom. The minimum absolute atomic E-state index is 0.00895. The molecule has 1 aromatic carbocycles. The molecule has 4 nitrogen and oxygen atoms in total. The smallest absolute Gasteiger partial charge is 0.262 e. The molecule has 0 spiro atoms. The van der Waals surface area contributed by atoms with Crippen LogP contribution in [0.5, 0.6) is 11.6 Å². The fourth-order valence-electron chi connectivity index (χ4n) is 0.977. The van der Waals surface area contributed by atoms with Crippen LogP contribution in [0, 0.1) is 3.57 Å². The number of hydrogen-bond donors (Lipinski definition) is 0. The van der Waals surface area contributed by atoms with E-state index in [0.717, 1.165) is 3.57 Å². The summed E-state index contributed by atoms with van der Waals surface area (Å²) in [7, 11) is 0. The third-order valence-corrected chi connectivity index (χ3v) is 2.92. The molecular formula is C9H4Cl2IN3O. The Labute approximate surface area is 115 Å². The van der Waals surface area contributed by atoms with E-state index in [1.165, 1.54) is 0 Å². The monoisotopic (exact) mass is 367 g/mol. The van der Waals surface area contributed by atoms with Crippen LogP contribution in [0.4, 0.5) is 0 Å². The molecule has 2 aromatic rings. The van der Waals surface area contributed by atoms with Gasteiger partial charge in [0, 0.05) is 0 Å². The van der Waals surface area contributed by atoms with Crippen LogP contribution in [-0.4, -0.2) is 15.2 Å². The number of hydrogen-bond acceptors (Lipinski definition) is 4. The Kier molecular flexibility index (Phi) is 3.78. The third-order valence-electron chi connectivity index (χ3n) is 1.63. The predicted octanol–water partition coefficient (Wildman–Crippen LogP) is 3.58. The van der Waals surface area contributed by atoms with E-state index in [1.807, 2.05) is 18.2 Å². The van der Waals surface area contributed by atoms with Gasteiger partial charge in [0.2, 0.25) is 10.4 Å². The third kappa shape index (κ3) is 2.72. The number of nitrogens with zero attached hydrogens (tertiary/aromatic N) is 3. The Morgan fingerprint density at radius 2 is 1.88 bits per heavy atom. The fourth-order valence-corrected chi connectivity index (χ4v) is 1.71. The molecule has 0 radical (unpaired) electrons. The van der Waals surface area contributed by atoms with Crippen LogP contribution >= 0.6 is 45.8 Å². The largest absolute Gasteiger partial charge is 0.435 e. The highest BCUT2D eigenvalue weighted by molar-refractivity contribution is 14.1. The molecule has 82 valence electrons. The Morgan fingerprint density at radius 3 is 2.62 bits per heavy atom. The van der Waals surface area contributed by atoms with Gasteiger partial charge >= 0.3 is 0 Å². The lowest BCUT2D eigenvalue weighted by Gasteiger charge is -2.06. The standard InChI is InChI=1S/C9H4Cl2IN3O/c10-7-8(13-9(11)15-14-7)16-6-4-2-1-3-5(6)12/h1-4H. The van der Waals surface area contributed by atoms with Crippen LogP contribution in [0.3, 0.4) is 0 Å². The molecule has 0 saturated heterocycles. The van der Waals surface area contributed by atoms with Crippen molar-refractivity contribution < 1.29 is 4.74 Å². The summed E-state index contributed by atoms with van der Waals surface area (Å²) in [4.78, 5) is 3.84. The van der Waals surface area contributed by atoms with Crippen molar-refractivity contribution in [3.63, 3.8) is 0 Å². The summed E-state index contributed by atoms with van der Waals surface area (Å²) in [5.41, 5.74) is 0. The van der Waals surface area contributed by atoms with Crippen LogP contribution in [0.1, 0.15) is 0 Å². The Hall–Kier alpha value is -0.660. The number of aromatic nitrogens is 3. The minimum atomic E-state index is -0.00895. The van der Waals surface area contributed by atoms with E-state index >= 15 is 0 Å². The molecule has 1 aromatic heterocycles. The number of para-hydroxylation sites is 1. The number of ether oxygens (including phenoxy) is 1. The Balaban J connectivity index is 2.34. The molecular weight excluding hydrogens is 364 g/mol. The van der Waals surface area contributed by atoms with E-state index in [9.17, 15) is 0 Å². The van der Waals surface area contributed by atoms with E-state index in [0.29, 0.717) is 5.75 Å². The molecule has 0 aliphatic heterocycles. The second-order valence-electron chi connectivity index (χ2n) is 2.71. The van der Waals surface area contributed by atoms with Crippen LogP contribution < -0.4 is 4.74 Å². The van der Waals surface area contributed by atoms with E-state index in [2.05, 4.69) is 37.8 Å². The molecule has 0 atom stereocenters. The lowest BCUT2D eigenvalue weighted by atomic mass is 10.3. The summed E-state index contributed by atoms with van der Waals surface area (Å²) in [6, 6.07) is 7.46. The van der Waals surface area contributed by atoms with Crippen molar-refractivity contribution in [2.45, 2.75) is 0 Å². The highest BCUT2D eigenvalue weighted by Gasteiger charge is 2.10. The van der Waals surface area contributed by atoms with Gasteiger partial charge in [-0.2, -0.15) is 4.98 Å². The quantitative estimate of drug-likeness (QED) is 0.761. The maximum absolute atomic E-state index is 5.78. The van der Waals surface area contributed by atoms with E-state index < -0.39 is 0 Å². The van der Waals surface area contributed by atoms with Gasteiger partial charge in [-0.3, -0.25) is 0 Å². The topological polar surface area (TPSA) is 47.9 Å². The number of halogens is 3. The average molecular weight is 368 g/mol. The van der Waals surface area contributed by atoms with Gasteiger partial charge in [0.15, 0.2) is 0 Å². The van der Waals surface area contributed by atoms with E-state index in [-0.39, 0.29) is 16.3 Å². The molecule has 0 aliphatic carbocycles. The number of rotatable bonds is 2. The van der Waals surface area contributed by atoms with Gasteiger partial charge in [0.05, 0.1) is 3.57 Å². The summed E-state index contributed by atoms with van der Waals surface area (Å²) >= 11 is 13.5. The second-order valence-corrected chi connectivity index (χ2v) is 4.57. The summed E-state index contributed by atoms with van der Waals surface area (Å²) in [6.07, 6.45) is 0. The van der Waals surface area contributed by atoms with Crippen molar-refractivity contribution in [2.24, 2.45) is 0 Å². The summed E-state index contributed by atoms with van der Waals surface area (Å²) < 4.78 is 6.42. The molecule has 1 heterocycles. The fraction of sp³-hybridized carbons (Fsp3) is 0. The first-order chi connectivity index (χ1) is 7.66. The summed E-state index contributed by atoms with van der Waals surface area (Å²) in [5.74, 6) is 0.785. The highest BCUT2D eigenvalue weighted by atomic mass is 127. The predicted molar refractivity (Wildman–Crippen MR) is 69.1 cm³/mol. The van der Waals surface area contributed by atoms with Crippen LogP contribution in [0.2, 0.25) is 10.4 Å². The van der Waals surface area contributed by atoms with Crippen LogP contribution in [0.25, 0.3) is 0 Å². The van der Waals surface area contributed by atoms with Crippen molar-refractivity contribution >= 4 is 45.8 Å². The Bertz CT molecular complexity index is 524. The van der Waals surface area contributed by atoms with Gasteiger partial charge in [0.1, 0.15) is 5.75 Å². The molecule has 0 saturated carbocycles. The first-order valence-electron chi connectivity index (χ1n) is 4.15. The molecule has 0 aliphatic rings. The van der Waals surface area contributed by atoms with Gasteiger partial charge in [0.25, 0.3) is 5.88 Å². The lowest BCUT2D eigenvalue weighted by Crippen LogP contribution is -1.95. The van der Waals surface area contributed by atoms with Gasteiger partial charge in [-0.1, -0.05) is 23.7 Å². The molecule has 0 bridgehead atoms. The van der Waals surface area contributed by atoms with Gasteiger partial charge in [-0.15, -0.1) is 10.2 Å².